The Hall–Kier alpha value is -2.69. The molecule has 1 aromatic carbocycles. The number of carboxylic acids is 2. The number of carboxylic acid groups (broad SMARTS) is 2. The molecule has 5 heteroatoms. The molecule has 18 heavy (non-hydrogen) atoms. The van der Waals surface area contributed by atoms with Crippen molar-refractivity contribution >= 4 is 11.9 Å². The molecule has 0 radical (unpaired) electrons. The normalized spacial score (nSPS) is 10.0. The average molecular weight is 243 g/mol. The molecule has 2 N–H and O–H groups in total. The molecule has 0 atom stereocenters. The molecular formula is C13H9NO4. The van der Waals surface area contributed by atoms with Crippen molar-refractivity contribution in [2.75, 3.05) is 0 Å². The van der Waals surface area contributed by atoms with Crippen molar-refractivity contribution in [3.63, 3.8) is 0 Å². The summed E-state index contributed by atoms with van der Waals surface area (Å²) < 4.78 is 0. The second-order valence-electron chi connectivity index (χ2n) is 3.62. The summed E-state index contributed by atoms with van der Waals surface area (Å²) in [5.41, 5.74) is 1.48. The van der Waals surface area contributed by atoms with Crippen LogP contribution >= 0.6 is 0 Å². The second kappa shape index (κ2) is 4.67. The van der Waals surface area contributed by atoms with E-state index < -0.39 is 11.9 Å². The number of nitrogens with zero attached hydrogens (tertiary/aromatic N) is 1. The van der Waals surface area contributed by atoms with E-state index in [-0.39, 0.29) is 11.1 Å². The van der Waals surface area contributed by atoms with E-state index in [1.807, 2.05) is 0 Å². The fourth-order valence-corrected chi connectivity index (χ4v) is 1.51. The molecule has 0 bridgehead atoms. The molecule has 2 rings (SSSR count). The van der Waals surface area contributed by atoms with Gasteiger partial charge in [0.15, 0.2) is 0 Å². The molecule has 0 fully saturated rings. The van der Waals surface area contributed by atoms with Gasteiger partial charge < -0.3 is 10.2 Å². The first kappa shape index (κ1) is 11.8. The second-order valence-corrected chi connectivity index (χ2v) is 3.62. The molecule has 2 aromatic rings. The zero-order valence-corrected chi connectivity index (χ0v) is 9.20. The van der Waals surface area contributed by atoms with E-state index in [0.717, 1.165) is 0 Å². The van der Waals surface area contributed by atoms with Gasteiger partial charge >= 0.3 is 11.9 Å². The number of carbonyl (C=O) groups is 2. The van der Waals surface area contributed by atoms with E-state index in [9.17, 15) is 9.59 Å². The molecule has 0 amide bonds. The molecule has 0 saturated carbocycles. The van der Waals surface area contributed by atoms with Crippen LogP contribution in [-0.4, -0.2) is 27.1 Å². The van der Waals surface area contributed by atoms with Gasteiger partial charge in [-0.2, -0.15) is 0 Å². The summed E-state index contributed by atoms with van der Waals surface area (Å²) in [6.45, 7) is 0. The first-order chi connectivity index (χ1) is 8.58. The Labute approximate surface area is 102 Å². The lowest BCUT2D eigenvalue weighted by Gasteiger charge is -2.02. The molecule has 1 heterocycles. The number of aromatic nitrogens is 1. The third-order valence-electron chi connectivity index (χ3n) is 2.43. The van der Waals surface area contributed by atoms with Gasteiger partial charge in [0.2, 0.25) is 0 Å². The summed E-state index contributed by atoms with van der Waals surface area (Å²) in [5, 5.41) is 17.6. The quantitative estimate of drug-likeness (QED) is 0.862. The summed E-state index contributed by atoms with van der Waals surface area (Å²) in [4.78, 5) is 25.6. The van der Waals surface area contributed by atoms with Crippen molar-refractivity contribution in [2.24, 2.45) is 0 Å². The standard InChI is InChI=1S/C13H9NO4/c15-12(16)9-3-1-8(2-4-9)11-7-10(13(17)18)5-6-14-11/h1-7H,(H,15,16)(H,17,18). The Balaban J connectivity index is 2.39. The fourth-order valence-electron chi connectivity index (χ4n) is 1.51. The van der Waals surface area contributed by atoms with Gasteiger partial charge in [0.05, 0.1) is 16.8 Å². The fraction of sp³-hybridized carbons (Fsp3) is 0. The number of pyridine rings is 1. The van der Waals surface area contributed by atoms with Crippen molar-refractivity contribution in [1.29, 1.82) is 0 Å². The lowest BCUT2D eigenvalue weighted by atomic mass is 10.1. The third kappa shape index (κ3) is 2.35. The lowest BCUT2D eigenvalue weighted by Crippen LogP contribution is -1.98. The molecule has 90 valence electrons. The molecule has 0 aliphatic carbocycles. The maximum absolute atomic E-state index is 10.8. The molecule has 0 saturated heterocycles. The minimum atomic E-state index is -1.03. The number of hydrogen-bond acceptors (Lipinski definition) is 3. The van der Waals surface area contributed by atoms with E-state index in [1.165, 1.54) is 30.5 Å². The van der Waals surface area contributed by atoms with Crippen molar-refractivity contribution < 1.29 is 19.8 Å². The predicted molar refractivity (Wildman–Crippen MR) is 63.6 cm³/mol. The zero-order valence-electron chi connectivity index (χ0n) is 9.20. The Kier molecular flexibility index (Phi) is 3.05. The summed E-state index contributed by atoms with van der Waals surface area (Å²) in [5.74, 6) is -2.03. The highest BCUT2D eigenvalue weighted by atomic mass is 16.4. The van der Waals surface area contributed by atoms with Crippen LogP contribution in [0.15, 0.2) is 42.6 Å². The van der Waals surface area contributed by atoms with Crippen molar-refractivity contribution in [1.82, 2.24) is 4.98 Å². The monoisotopic (exact) mass is 243 g/mol. The lowest BCUT2D eigenvalue weighted by molar-refractivity contribution is 0.0686. The average Bonchev–Trinajstić information content (AvgIpc) is 2.39. The van der Waals surface area contributed by atoms with Gasteiger partial charge in [0, 0.05) is 11.8 Å². The maximum Gasteiger partial charge on any atom is 0.335 e. The number of hydrogen-bond donors (Lipinski definition) is 2. The maximum atomic E-state index is 10.8. The van der Waals surface area contributed by atoms with E-state index in [2.05, 4.69) is 4.98 Å². The minimum Gasteiger partial charge on any atom is -0.478 e. The van der Waals surface area contributed by atoms with Crippen LogP contribution in [0.2, 0.25) is 0 Å². The van der Waals surface area contributed by atoms with Crippen LogP contribution in [0, 0.1) is 0 Å². The summed E-state index contributed by atoms with van der Waals surface area (Å²) in [6, 6.07) is 8.93. The van der Waals surface area contributed by atoms with Crippen LogP contribution in [0.5, 0.6) is 0 Å². The minimum absolute atomic E-state index is 0.141. The first-order valence-electron chi connectivity index (χ1n) is 5.11. The Morgan fingerprint density at radius 1 is 0.889 bits per heavy atom. The van der Waals surface area contributed by atoms with Crippen LogP contribution < -0.4 is 0 Å². The van der Waals surface area contributed by atoms with Gasteiger partial charge in [-0.05, 0) is 24.3 Å². The number of benzene rings is 1. The summed E-state index contributed by atoms with van der Waals surface area (Å²) >= 11 is 0. The smallest absolute Gasteiger partial charge is 0.335 e. The van der Waals surface area contributed by atoms with Crippen LogP contribution in [-0.2, 0) is 0 Å². The molecule has 0 aliphatic heterocycles. The Morgan fingerprint density at radius 3 is 2.06 bits per heavy atom. The van der Waals surface area contributed by atoms with E-state index in [1.54, 1.807) is 12.1 Å². The van der Waals surface area contributed by atoms with Gasteiger partial charge in [-0.25, -0.2) is 9.59 Å². The molecular weight excluding hydrogens is 234 g/mol. The Morgan fingerprint density at radius 2 is 1.50 bits per heavy atom. The highest BCUT2D eigenvalue weighted by molar-refractivity contribution is 5.90. The van der Waals surface area contributed by atoms with Crippen LogP contribution in [0.25, 0.3) is 11.3 Å². The number of rotatable bonds is 3. The molecule has 0 aliphatic rings. The van der Waals surface area contributed by atoms with Crippen molar-refractivity contribution in [3.05, 3.63) is 53.7 Å². The van der Waals surface area contributed by atoms with Crippen LogP contribution in [0.4, 0.5) is 0 Å². The predicted octanol–water partition coefficient (Wildman–Crippen LogP) is 2.15. The van der Waals surface area contributed by atoms with E-state index in [0.29, 0.717) is 11.3 Å². The van der Waals surface area contributed by atoms with Gasteiger partial charge in [0.1, 0.15) is 0 Å². The molecule has 0 spiro atoms. The first-order valence-corrected chi connectivity index (χ1v) is 5.11. The van der Waals surface area contributed by atoms with Crippen LogP contribution in [0.3, 0.4) is 0 Å². The van der Waals surface area contributed by atoms with Gasteiger partial charge in [-0.1, -0.05) is 12.1 Å². The third-order valence-corrected chi connectivity index (χ3v) is 2.43. The highest BCUT2D eigenvalue weighted by Crippen LogP contribution is 2.18. The summed E-state index contributed by atoms with van der Waals surface area (Å²) in [6.07, 6.45) is 1.41. The topological polar surface area (TPSA) is 87.5 Å². The SMILES string of the molecule is O=C(O)c1ccc(-c2cc(C(=O)O)ccn2)cc1. The van der Waals surface area contributed by atoms with E-state index in [4.69, 9.17) is 10.2 Å². The Bertz CT molecular complexity index is 605. The zero-order chi connectivity index (χ0) is 13.1. The molecule has 1 aromatic heterocycles. The van der Waals surface area contributed by atoms with E-state index >= 15 is 0 Å². The van der Waals surface area contributed by atoms with Crippen molar-refractivity contribution in [2.45, 2.75) is 0 Å². The molecule has 5 nitrogen and oxygen atoms in total. The van der Waals surface area contributed by atoms with Gasteiger partial charge in [-0.15, -0.1) is 0 Å². The summed E-state index contributed by atoms with van der Waals surface area (Å²) in [7, 11) is 0. The highest BCUT2D eigenvalue weighted by Gasteiger charge is 2.07. The van der Waals surface area contributed by atoms with Gasteiger partial charge in [0.25, 0.3) is 0 Å². The largest absolute Gasteiger partial charge is 0.478 e. The van der Waals surface area contributed by atoms with Gasteiger partial charge in [-0.3, -0.25) is 4.98 Å². The number of aromatic carboxylic acids is 2. The molecule has 0 unspecified atom stereocenters. The van der Waals surface area contributed by atoms with Crippen molar-refractivity contribution in [3.8, 4) is 11.3 Å². The van der Waals surface area contributed by atoms with Crippen LogP contribution in [0.1, 0.15) is 20.7 Å².